The van der Waals surface area contributed by atoms with Gasteiger partial charge in [0.1, 0.15) is 0 Å². The van der Waals surface area contributed by atoms with Gasteiger partial charge >= 0.3 is 0 Å². The maximum atomic E-state index is 4.74. The highest BCUT2D eigenvalue weighted by Gasteiger charge is 2.36. The summed E-state index contributed by atoms with van der Waals surface area (Å²) in [6.07, 6.45) is 8.52. The van der Waals surface area contributed by atoms with E-state index < -0.39 is 0 Å². The van der Waals surface area contributed by atoms with Crippen LogP contribution in [0.5, 0.6) is 0 Å². The van der Waals surface area contributed by atoms with Gasteiger partial charge in [0.2, 0.25) is 0 Å². The Morgan fingerprint density at radius 1 is 1.30 bits per heavy atom. The molecule has 3 rings (SSSR count). The first-order chi connectivity index (χ1) is 9.81. The van der Waals surface area contributed by atoms with Crippen LogP contribution in [0, 0.1) is 0 Å². The molecule has 2 aliphatic rings. The summed E-state index contributed by atoms with van der Waals surface area (Å²) in [5, 5.41) is 8.48. The van der Waals surface area contributed by atoms with Crippen molar-refractivity contribution in [2.45, 2.75) is 70.6 Å². The highest BCUT2D eigenvalue weighted by molar-refractivity contribution is 5.02. The first-order valence-electron chi connectivity index (χ1n) is 8.33. The Hall–Kier alpha value is -0.870. The van der Waals surface area contributed by atoms with Gasteiger partial charge in [-0.25, -0.2) is 0 Å². The molecule has 4 nitrogen and oxygen atoms in total. The molecule has 2 saturated heterocycles. The van der Waals surface area contributed by atoms with Gasteiger partial charge in [-0.05, 0) is 44.7 Å². The number of hydrogen-bond donors (Lipinski definition) is 1. The van der Waals surface area contributed by atoms with E-state index in [1.54, 1.807) is 0 Å². The van der Waals surface area contributed by atoms with Crippen molar-refractivity contribution in [1.29, 1.82) is 0 Å². The first kappa shape index (κ1) is 14.1. The minimum absolute atomic E-state index is 0.556. The molecule has 3 heterocycles. The van der Waals surface area contributed by atoms with E-state index in [2.05, 4.69) is 41.0 Å². The highest BCUT2D eigenvalue weighted by atomic mass is 15.3. The van der Waals surface area contributed by atoms with Crippen LogP contribution >= 0.6 is 0 Å². The van der Waals surface area contributed by atoms with Crippen molar-refractivity contribution in [2.24, 2.45) is 0 Å². The summed E-state index contributed by atoms with van der Waals surface area (Å²) >= 11 is 0. The Kier molecular flexibility index (Phi) is 4.41. The molecular weight excluding hydrogens is 248 g/mol. The van der Waals surface area contributed by atoms with Crippen molar-refractivity contribution < 1.29 is 0 Å². The third kappa shape index (κ3) is 2.77. The van der Waals surface area contributed by atoms with E-state index in [9.17, 15) is 0 Å². The van der Waals surface area contributed by atoms with Crippen molar-refractivity contribution in [3.63, 3.8) is 0 Å². The number of rotatable bonds is 6. The summed E-state index contributed by atoms with van der Waals surface area (Å²) in [7, 11) is 0. The smallest absolute Gasteiger partial charge is 0.0762 e. The monoisotopic (exact) mass is 276 g/mol. The van der Waals surface area contributed by atoms with E-state index in [1.165, 1.54) is 38.0 Å². The lowest BCUT2D eigenvalue weighted by molar-refractivity contribution is 0.298. The zero-order valence-electron chi connectivity index (χ0n) is 12.9. The molecule has 0 saturated carbocycles. The molecule has 1 aromatic heterocycles. The molecule has 0 aromatic carbocycles. The summed E-state index contributed by atoms with van der Waals surface area (Å²) in [5.74, 6) is 0. The van der Waals surface area contributed by atoms with Gasteiger partial charge in [0, 0.05) is 31.4 Å². The molecule has 2 unspecified atom stereocenters. The topological polar surface area (TPSA) is 33.1 Å². The molecule has 0 bridgehead atoms. The lowest BCUT2D eigenvalue weighted by Crippen LogP contribution is -2.38. The van der Waals surface area contributed by atoms with Gasteiger partial charge in [-0.1, -0.05) is 13.8 Å². The number of nitrogens with zero attached hydrogens (tertiary/aromatic N) is 3. The van der Waals surface area contributed by atoms with Gasteiger partial charge < -0.3 is 5.32 Å². The van der Waals surface area contributed by atoms with E-state index in [1.807, 2.05) is 0 Å². The van der Waals surface area contributed by atoms with E-state index in [0.29, 0.717) is 12.1 Å². The zero-order chi connectivity index (χ0) is 13.9. The second-order valence-corrected chi connectivity index (χ2v) is 6.28. The summed E-state index contributed by atoms with van der Waals surface area (Å²) in [6, 6.07) is 4.19. The third-order valence-corrected chi connectivity index (χ3v) is 5.13. The number of hydrogen-bond acceptors (Lipinski definition) is 3. The number of fused-ring (bicyclic) bond motifs is 1. The van der Waals surface area contributed by atoms with Crippen LogP contribution in [0.2, 0.25) is 0 Å². The Labute approximate surface area is 122 Å². The van der Waals surface area contributed by atoms with Crippen LogP contribution in [-0.2, 0) is 6.54 Å². The molecular formula is C16H28N4. The van der Waals surface area contributed by atoms with E-state index >= 15 is 0 Å². The van der Waals surface area contributed by atoms with Crippen molar-refractivity contribution >= 4 is 0 Å². The van der Waals surface area contributed by atoms with E-state index in [4.69, 9.17) is 5.10 Å². The molecule has 20 heavy (non-hydrogen) atoms. The van der Waals surface area contributed by atoms with Crippen LogP contribution < -0.4 is 5.32 Å². The first-order valence-corrected chi connectivity index (χ1v) is 8.33. The van der Waals surface area contributed by atoms with Crippen LogP contribution in [0.3, 0.4) is 0 Å². The largest absolute Gasteiger partial charge is 0.307 e. The van der Waals surface area contributed by atoms with Crippen molar-refractivity contribution in [1.82, 2.24) is 20.0 Å². The molecule has 0 spiro atoms. The third-order valence-electron chi connectivity index (χ3n) is 5.13. The molecule has 112 valence electrons. The van der Waals surface area contributed by atoms with Crippen LogP contribution in [0.4, 0.5) is 0 Å². The Bertz CT molecular complexity index is 424. The average Bonchev–Trinajstić information content (AvgIpc) is 3.14. The lowest BCUT2D eigenvalue weighted by Gasteiger charge is -2.20. The Morgan fingerprint density at radius 3 is 2.95 bits per heavy atom. The molecule has 2 fully saturated rings. The molecule has 1 aromatic rings. The molecule has 2 atom stereocenters. The van der Waals surface area contributed by atoms with Gasteiger partial charge in [-0.2, -0.15) is 5.10 Å². The Balaban J connectivity index is 1.53. The van der Waals surface area contributed by atoms with Gasteiger partial charge in [0.25, 0.3) is 0 Å². The molecule has 1 N–H and O–H groups in total. The fraction of sp³-hybridized carbons (Fsp3) is 0.812. The van der Waals surface area contributed by atoms with E-state index in [0.717, 1.165) is 25.4 Å². The summed E-state index contributed by atoms with van der Waals surface area (Å²) in [4.78, 5) is 2.65. The van der Waals surface area contributed by atoms with Crippen LogP contribution in [-0.4, -0.2) is 39.9 Å². The van der Waals surface area contributed by atoms with Gasteiger partial charge in [0.05, 0.1) is 11.7 Å². The van der Waals surface area contributed by atoms with Gasteiger partial charge in [-0.15, -0.1) is 0 Å². The van der Waals surface area contributed by atoms with Crippen molar-refractivity contribution in [2.75, 3.05) is 13.1 Å². The maximum absolute atomic E-state index is 4.74. The average molecular weight is 276 g/mol. The van der Waals surface area contributed by atoms with Crippen LogP contribution in [0.15, 0.2) is 12.3 Å². The van der Waals surface area contributed by atoms with Crippen molar-refractivity contribution in [3.8, 4) is 0 Å². The predicted octanol–water partition coefficient (Wildman–Crippen LogP) is 2.57. The summed E-state index contributed by atoms with van der Waals surface area (Å²) in [6.45, 7) is 7.99. The normalized spacial score (nSPS) is 26.6. The highest BCUT2D eigenvalue weighted by Crippen LogP contribution is 2.28. The van der Waals surface area contributed by atoms with E-state index in [-0.39, 0.29) is 0 Å². The fourth-order valence-corrected chi connectivity index (χ4v) is 3.89. The molecule has 2 aliphatic heterocycles. The minimum atomic E-state index is 0.556. The zero-order valence-corrected chi connectivity index (χ0v) is 12.9. The standard InChI is InChI=1S/C16H28N4/c1-3-14(4-2)20-11-7-13(18-20)12-17-15-8-10-19-9-5-6-16(15)19/h7,11,14-17H,3-6,8-10,12H2,1-2H3. The second kappa shape index (κ2) is 6.27. The van der Waals surface area contributed by atoms with Crippen LogP contribution in [0.25, 0.3) is 0 Å². The lowest BCUT2D eigenvalue weighted by atomic mass is 10.1. The van der Waals surface area contributed by atoms with Gasteiger partial charge in [0.15, 0.2) is 0 Å². The van der Waals surface area contributed by atoms with Crippen LogP contribution in [0.1, 0.15) is 57.7 Å². The summed E-state index contributed by atoms with van der Waals surface area (Å²) < 4.78 is 2.15. The molecule has 0 aliphatic carbocycles. The predicted molar refractivity (Wildman–Crippen MR) is 81.7 cm³/mol. The fourth-order valence-electron chi connectivity index (χ4n) is 3.89. The SMILES string of the molecule is CCC(CC)n1ccc(CNC2CCN3CCCC23)n1. The minimum Gasteiger partial charge on any atom is -0.307 e. The quantitative estimate of drug-likeness (QED) is 0.867. The van der Waals surface area contributed by atoms with Crippen molar-refractivity contribution in [3.05, 3.63) is 18.0 Å². The number of nitrogens with one attached hydrogen (secondary N) is 1. The maximum Gasteiger partial charge on any atom is 0.0762 e. The molecule has 0 amide bonds. The van der Waals surface area contributed by atoms with Gasteiger partial charge in [-0.3, -0.25) is 9.58 Å². The second-order valence-electron chi connectivity index (χ2n) is 6.28. The Morgan fingerprint density at radius 2 is 2.15 bits per heavy atom. The molecule has 0 radical (unpaired) electrons. The number of aromatic nitrogens is 2. The summed E-state index contributed by atoms with van der Waals surface area (Å²) in [5.41, 5.74) is 1.19. The molecule has 4 heteroatoms.